The minimum Gasteiger partial charge on any atom is -0.390 e. The molecule has 0 spiro atoms. The van der Waals surface area contributed by atoms with Crippen LogP contribution in [0.25, 0.3) is 22.8 Å². The molecule has 3 aliphatic heterocycles. The van der Waals surface area contributed by atoms with Crippen molar-refractivity contribution in [2.75, 3.05) is 51.3 Å². The lowest BCUT2D eigenvalue weighted by atomic mass is 9.94. The van der Waals surface area contributed by atoms with Crippen molar-refractivity contribution in [1.82, 2.24) is 19.8 Å². The number of nitrogens with zero attached hydrogens (tertiary/aromatic N) is 3. The monoisotopic (exact) mass is 513 g/mol. The van der Waals surface area contributed by atoms with Crippen LogP contribution in [0.15, 0.2) is 42.7 Å². The number of carbonyl (C=O) groups is 2. The van der Waals surface area contributed by atoms with Gasteiger partial charge in [-0.15, -0.1) is 0 Å². The minimum absolute atomic E-state index is 0.0839. The smallest absolute Gasteiger partial charge is 0.256 e. The van der Waals surface area contributed by atoms with Crippen LogP contribution in [0.4, 0.5) is 5.69 Å². The number of anilines is 1. The Kier molecular flexibility index (Phi) is 6.57. The van der Waals surface area contributed by atoms with Crippen molar-refractivity contribution in [2.24, 2.45) is 0 Å². The molecule has 3 N–H and O–H groups in total. The molecule has 3 aromatic rings. The summed E-state index contributed by atoms with van der Waals surface area (Å²) in [5.74, 6) is -0.257. The molecule has 0 aliphatic carbocycles. The van der Waals surface area contributed by atoms with E-state index >= 15 is 0 Å². The highest BCUT2D eigenvalue weighted by Crippen LogP contribution is 2.41. The van der Waals surface area contributed by atoms with Gasteiger partial charge in [-0.3, -0.25) is 19.5 Å². The predicted molar refractivity (Wildman–Crippen MR) is 145 cm³/mol. The first-order valence-corrected chi connectivity index (χ1v) is 13.1. The maximum absolute atomic E-state index is 13.5. The molecular formula is C29H31N5O4. The van der Waals surface area contributed by atoms with Gasteiger partial charge in [0.25, 0.3) is 11.8 Å². The molecular weight excluding hydrogens is 482 g/mol. The maximum Gasteiger partial charge on any atom is 0.256 e. The quantitative estimate of drug-likeness (QED) is 0.437. The summed E-state index contributed by atoms with van der Waals surface area (Å²) in [4.78, 5) is 38.0. The van der Waals surface area contributed by atoms with E-state index in [9.17, 15) is 14.7 Å². The van der Waals surface area contributed by atoms with Crippen LogP contribution in [0.5, 0.6) is 0 Å². The van der Waals surface area contributed by atoms with Gasteiger partial charge < -0.3 is 25.0 Å². The zero-order valence-corrected chi connectivity index (χ0v) is 21.4. The molecule has 3 aliphatic rings. The van der Waals surface area contributed by atoms with E-state index in [2.05, 4.69) is 20.2 Å². The summed E-state index contributed by atoms with van der Waals surface area (Å²) in [7, 11) is 0. The fourth-order valence-corrected chi connectivity index (χ4v) is 5.68. The number of β-amino-alcohol motifs (C(OH)–C–C–N with tert-alkyl or cyclic N) is 1. The molecule has 38 heavy (non-hydrogen) atoms. The Hall–Kier alpha value is -3.79. The first-order chi connectivity index (χ1) is 18.5. The van der Waals surface area contributed by atoms with E-state index in [-0.39, 0.29) is 11.8 Å². The highest BCUT2D eigenvalue weighted by atomic mass is 16.5. The number of pyridine rings is 1. The molecule has 9 nitrogen and oxygen atoms in total. The highest BCUT2D eigenvalue weighted by molar-refractivity contribution is 6.36. The van der Waals surface area contributed by atoms with Crippen molar-refractivity contribution in [2.45, 2.75) is 19.4 Å². The average molecular weight is 514 g/mol. The van der Waals surface area contributed by atoms with Gasteiger partial charge in [-0.25, -0.2) is 0 Å². The number of aromatic amines is 1. The lowest BCUT2D eigenvalue weighted by Crippen LogP contribution is -2.47. The molecule has 2 amide bonds. The molecule has 0 radical (unpaired) electrons. The summed E-state index contributed by atoms with van der Waals surface area (Å²) < 4.78 is 5.38. The van der Waals surface area contributed by atoms with Gasteiger partial charge in [0.15, 0.2) is 0 Å². The van der Waals surface area contributed by atoms with E-state index in [1.807, 2.05) is 43.3 Å². The van der Waals surface area contributed by atoms with Crippen molar-refractivity contribution < 1.29 is 19.4 Å². The maximum atomic E-state index is 13.5. The van der Waals surface area contributed by atoms with Gasteiger partial charge in [-0.1, -0.05) is 12.1 Å². The highest BCUT2D eigenvalue weighted by Gasteiger charge is 2.32. The average Bonchev–Trinajstić information content (AvgIpc) is 3.42. The number of hydrogen-bond acceptors (Lipinski definition) is 6. The lowest BCUT2D eigenvalue weighted by Gasteiger charge is -2.32. The van der Waals surface area contributed by atoms with Crippen LogP contribution in [0.1, 0.15) is 32.9 Å². The Morgan fingerprint density at radius 1 is 1.08 bits per heavy atom. The Balaban J connectivity index is 1.27. The van der Waals surface area contributed by atoms with E-state index in [0.29, 0.717) is 50.4 Å². The summed E-state index contributed by atoms with van der Waals surface area (Å²) in [6.07, 6.45) is 5.37. The Labute approximate surface area is 221 Å². The van der Waals surface area contributed by atoms with Crippen LogP contribution in [-0.4, -0.2) is 88.7 Å². The fourth-order valence-electron chi connectivity index (χ4n) is 5.68. The van der Waals surface area contributed by atoms with Crippen LogP contribution in [-0.2, 0) is 16.0 Å². The number of amides is 2. The van der Waals surface area contributed by atoms with E-state index in [1.165, 1.54) is 0 Å². The number of H-pyrrole nitrogens is 1. The molecule has 6 rings (SSSR count). The normalized spacial score (nSPS) is 19.4. The van der Waals surface area contributed by atoms with E-state index in [1.54, 1.807) is 17.3 Å². The van der Waals surface area contributed by atoms with Gasteiger partial charge in [0, 0.05) is 74.2 Å². The number of aromatic nitrogens is 2. The number of ether oxygens (including phenoxy) is 1. The standard InChI is InChI=1S/C29H31N5O4/c1-18-25(15-22-27-21(19-5-8-30-9-6-19)3-2-4-23(27)32-28(22)36)31-24-7-10-34(29(37)26(18)24)17-20(35)16-33-11-13-38-14-12-33/h2-6,8-9,15,20,31,35H,7,10-14,16-17H2,1H3,(H,32,36)/b22-15-/t20-/m1/s1. The second-order valence-electron chi connectivity index (χ2n) is 10.1. The van der Waals surface area contributed by atoms with Crippen molar-refractivity contribution >= 4 is 29.2 Å². The van der Waals surface area contributed by atoms with E-state index in [4.69, 9.17) is 4.74 Å². The Morgan fingerprint density at radius 3 is 2.66 bits per heavy atom. The molecule has 0 unspecified atom stereocenters. The van der Waals surface area contributed by atoms with Gasteiger partial charge in [-0.2, -0.15) is 0 Å². The first-order valence-electron chi connectivity index (χ1n) is 13.1. The van der Waals surface area contributed by atoms with Gasteiger partial charge >= 0.3 is 0 Å². The van der Waals surface area contributed by atoms with Crippen LogP contribution in [0.2, 0.25) is 0 Å². The summed E-state index contributed by atoms with van der Waals surface area (Å²) in [5.41, 5.74) is 7.16. The summed E-state index contributed by atoms with van der Waals surface area (Å²) in [6, 6.07) is 9.68. The van der Waals surface area contributed by atoms with E-state index in [0.717, 1.165) is 52.4 Å². The van der Waals surface area contributed by atoms with Crippen molar-refractivity contribution in [3.8, 4) is 11.1 Å². The molecule has 1 fully saturated rings. The number of nitrogens with one attached hydrogen (secondary N) is 2. The topological polar surface area (TPSA) is 111 Å². The van der Waals surface area contributed by atoms with Crippen molar-refractivity contribution in [1.29, 1.82) is 0 Å². The van der Waals surface area contributed by atoms with Crippen LogP contribution in [0, 0.1) is 6.92 Å². The van der Waals surface area contributed by atoms with Crippen LogP contribution < -0.4 is 5.32 Å². The number of carbonyl (C=O) groups excluding carboxylic acids is 2. The number of hydrogen-bond donors (Lipinski definition) is 3. The molecule has 0 saturated carbocycles. The molecule has 1 atom stereocenters. The molecule has 1 saturated heterocycles. The van der Waals surface area contributed by atoms with Gasteiger partial charge in [-0.05, 0) is 47.9 Å². The first kappa shape index (κ1) is 24.5. The number of aliphatic hydroxyl groups excluding tert-OH is 1. The summed E-state index contributed by atoms with van der Waals surface area (Å²) in [6.45, 7) is 6.21. The molecule has 9 heteroatoms. The van der Waals surface area contributed by atoms with Gasteiger partial charge in [0.2, 0.25) is 0 Å². The van der Waals surface area contributed by atoms with Crippen LogP contribution >= 0.6 is 0 Å². The lowest BCUT2D eigenvalue weighted by molar-refractivity contribution is -0.110. The Bertz CT molecular complexity index is 1410. The number of morpholine rings is 1. The molecule has 196 valence electrons. The third-order valence-corrected chi connectivity index (χ3v) is 7.61. The van der Waals surface area contributed by atoms with Crippen molar-refractivity contribution in [3.05, 3.63) is 70.8 Å². The zero-order valence-electron chi connectivity index (χ0n) is 21.4. The number of aliphatic hydroxyl groups is 1. The molecule has 2 aromatic heterocycles. The minimum atomic E-state index is -0.621. The fraction of sp³-hybridized carbons (Fsp3) is 0.345. The summed E-state index contributed by atoms with van der Waals surface area (Å²) >= 11 is 0. The SMILES string of the molecule is Cc1c(/C=C2\C(=O)Nc3cccc(-c4ccncc4)c32)[nH]c2c1C(=O)N(C[C@H](O)CN1CCOCC1)CC2. The largest absolute Gasteiger partial charge is 0.390 e. The number of fused-ring (bicyclic) bond motifs is 2. The molecule has 0 bridgehead atoms. The third kappa shape index (κ3) is 4.53. The third-order valence-electron chi connectivity index (χ3n) is 7.61. The second kappa shape index (κ2) is 10.2. The van der Waals surface area contributed by atoms with Crippen molar-refractivity contribution in [3.63, 3.8) is 0 Å². The molecule has 1 aromatic carbocycles. The number of rotatable bonds is 6. The second-order valence-corrected chi connectivity index (χ2v) is 10.1. The number of benzene rings is 1. The zero-order chi connectivity index (χ0) is 26.2. The molecule has 5 heterocycles. The van der Waals surface area contributed by atoms with Crippen LogP contribution in [0.3, 0.4) is 0 Å². The predicted octanol–water partition coefficient (Wildman–Crippen LogP) is 2.57. The summed E-state index contributed by atoms with van der Waals surface area (Å²) in [5, 5.41) is 13.7. The Morgan fingerprint density at radius 2 is 1.87 bits per heavy atom. The van der Waals surface area contributed by atoms with E-state index < -0.39 is 6.10 Å². The van der Waals surface area contributed by atoms with Gasteiger partial charge in [0.1, 0.15) is 0 Å². The van der Waals surface area contributed by atoms with Gasteiger partial charge in [0.05, 0.1) is 30.5 Å².